The molecule has 0 aromatic heterocycles. The smallest absolute Gasteiger partial charge is 0.265 e. The molecule has 20 heavy (non-hydrogen) atoms. The highest BCUT2D eigenvalue weighted by molar-refractivity contribution is 6.32. The van der Waals surface area contributed by atoms with E-state index in [0.29, 0.717) is 16.5 Å². The zero-order valence-corrected chi connectivity index (χ0v) is 11.5. The number of hydrogen-bond acceptors (Lipinski definition) is 2. The number of hydrogen-bond donors (Lipinski definition) is 1. The third kappa shape index (κ3) is 3.71. The van der Waals surface area contributed by atoms with Gasteiger partial charge < -0.3 is 10.1 Å². The van der Waals surface area contributed by atoms with Gasteiger partial charge >= 0.3 is 0 Å². The number of halogens is 2. The van der Waals surface area contributed by atoms with Gasteiger partial charge in [-0.3, -0.25) is 4.79 Å². The second-order valence-corrected chi connectivity index (χ2v) is 4.60. The van der Waals surface area contributed by atoms with Crippen LogP contribution in [0.25, 0.3) is 0 Å². The molecule has 2 aromatic rings. The number of rotatable bonds is 4. The molecule has 3 nitrogen and oxygen atoms in total. The van der Waals surface area contributed by atoms with E-state index < -0.39 is 11.9 Å². The van der Waals surface area contributed by atoms with Crippen LogP contribution in [0, 0.1) is 5.82 Å². The summed E-state index contributed by atoms with van der Waals surface area (Å²) in [5.41, 5.74) is 0.379. The average molecular weight is 294 g/mol. The lowest BCUT2D eigenvalue weighted by Gasteiger charge is -2.15. The molecule has 104 valence electrons. The van der Waals surface area contributed by atoms with Crippen LogP contribution in [-0.4, -0.2) is 12.0 Å². The summed E-state index contributed by atoms with van der Waals surface area (Å²) in [6.45, 7) is 1.60. The van der Waals surface area contributed by atoms with Gasteiger partial charge in [-0.05, 0) is 37.3 Å². The van der Waals surface area contributed by atoms with Crippen molar-refractivity contribution in [3.8, 4) is 5.75 Å². The second-order valence-electron chi connectivity index (χ2n) is 4.19. The lowest BCUT2D eigenvalue weighted by molar-refractivity contribution is -0.122. The highest BCUT2D eigenvalue weighted by atomic mass is 35.5. The van der Waals surface area contributed by atoms with Crippen molar-refractivity contribution < 1.29 is 13.9 Å². The van der Waals surface area contributed by atoms with Crippen molar-refractivity contribution in [2.24, 2.45) is 0 Å². The Labute approximate surface area is 121 Å². The van der Waals surface area contributed by atoms with Crippen molar-refractivity contribution in [2.75, 3.05) is 5.32 Å². The number of carbonyl (C=O) groups excluding carboxylic acids is 1. The van der Waals surface area contributed by atoms with Crippen molar-refractivity contribution in [3.63, 3.8) is 0 Å². The Hall–Kier alpha value is -2.07. The van der Waals surface area contributed by atoms with E-state index in [1.807, 2.05) is 0 Å². The van der Waals surface area contributed by atoms with E-state index in [1.54, 1.807) is 37.3 Å². The van der Waals surface area contributed by atoms with Gasteiger partial charge in [0.05, 0.1) is 5.02 Å². The minimum absolute atomic E-state index is 0.379. The zero-order chi connectivity index (χ0) is 14.5. The van der Waals surface area contributed by atoms with Crippen molar-refractivity contribution in [1.29, 1.82) is 0 Å². The van der Waals surface area contributed by atoms with E-state index in [4.69, 9.17) is 16.3 Å². The van der Waals surface area contributed by atoms with Crippen LogP contribution in [0.1, 0.15) is 6.92 Å². The first-order valence-corrected chi connectivity index (χ1v) is 6.41. The Balaban J connectivity index is 2.01. The number of anilines is 1. The first kappa shape index (κ1) is 14.3. The number of amides is 1. The Morgan fingerprint density at radius 2 is 2.00 bits per heavy atom. The fraction of sp³-hybridized carbons (Fsp3) is 0.133. The molecular weight excluding hydrogens is 281 g/mol. The first-order valence-electron chi connectivity index (χ1n) is 6.04. The number of para-hydroxylation sites is 1. The van der Waals surface area contributed by atoms with Crippen LogP contribution in [0.5, 0.6) is 5.75 Å². The number of carbonyl (C=O) groups is 1. The lowest BCUT2D eigenvalue weighted by atomic mass is 10.3. The van der Waals surface area contributed by atoms with Crippen LogP contribution in [-0.2, 0) is 4.79 Å². The van der Waals surface area contributed by atoms with E-state index in [-0.39, 0.29) is 5.91 Å². The molecular formula is C15H13ClFNO2. The molecule has 1 atom stereocenters. The van der Waals surface area contributed by atoms with Gasteiger partial charge in [-0.15, -0.1) is 0 Å². The monoisotopic (exact) mass is 293 g/mol. The highest BCUT2D eigenvalue weighted by Crippen LogP contribution is 2.24. The molecule has 0 aliphatic rings. The topological polar surface area (TPSA) is 38.3 Å². The first-order chi connectivity index (χ1) is 9.56. The number of ether oxygens (including phenoxy) is 1. The second kappa shape index (κ2) is 6.39. The Kier molecular flexibility index (Phi) is 4.58. The molecule has 0 spiro atoms. The molecule has 0 bridgehead atoms. The molecule has 0 unspecified atom stereocenters. The van der Waals surface area contributed by atoms with Gasteiger partial charge in [0.1, 0.15) is 11.6 Å². The molecule has 2 aromatic carbocycles. The van der Waals surface area contributed by atoms with Crippen LogP contribution in [0.4, 0.5) is 10.1 Å². The zero-order valence-electron chi connectivity index (χ0n) is 10.8. The third-order valence-corrected chi connectivity index (χ3v) is 2.91. The highest BCUT2D eigenvalue weighted by Gasteiger charge is 2.16. The van der Waals surface area contributed by atoms with Crippen molar-refractivity contribution >= 4 is 23.2 Å². The van der Waals surface area contributed by atoms with Crippen molar-refractivity contribution in [3.05, 3.63) is 59.4 Å². The molecule has 1 N–H and O–H groups in total. The van der Waals surface area contributed by atoms with Crippen LogP contribution >= 0.6 is 11.6 Å². The quantitative estimate of drug-likeness (QED) is 0.929. The van der Waals surface area contributed by atoms with Gasteiger partial charge in [0.25, 0.3) is 5.91 Å². The maximum atomic E-state index is 13.0. The normalized spacial score (nSPS) is 11.8. The largest absolute Gasteiger partial charge is 0.479 e. The van der Waals surface area contributed by atoms with Gasteiger partial charge in [-0.25, -0.2) is 4.39 Å². The summed E-state index contributed by atoms with van der Waals surface area (Å²) < 4.78 is 18.5. The van der Waals surface area contributed by atoms with Crippen molar-refractivity contribution in [2.45, 2.75) is 13.0 Å². The van der Waals surface area contributed by atoms with Gasteiger partial charge in [-0.1, -0.05) is 29.8 Å². The van der Waals surface area contributed by atoms with E-state index in [2.05, 4.69) is 5.32 Å². The molecule has 5 heteroatoms. The SMILES string of the molecule is C[C@H](Oc1ccccc1Cl)C(=O)Nc1cccc(F)c1. The van der Waals surface area contributed by atoms with Crippen molar-refractivity contribution in [1.82, 2.24) is 0 Å². The summed E-state index contributed by atoms with van der Waals surface area (Å²) in [7, 11) is 0. The Morgan fingerprint density at radius 3 is 2.70 bits per heavy atom. The fourth-order valence-electron chi connectivity index (χ4n) is 1.59. The predicted octanol–water partition coefficient (Wildman–Crippen LogP) is 3.89. The summed E-state index contributed by atoms with van der Waals surface area (Å²) in [6.07, 6.45) is -0.752. The van der Waals surface area contributed by atoms with Gasteiger partial charge in [0.2, 0.25) is 0 Å². The summed E-state index contributed by atoms with van der Waals surface area (Å²) in [5.74, 6) is -0.367. The summed E-state index contributed by atoms with van der Waals surface area (Å²) in [5, 5.41) is 3.00. The molecule has 2 rings (SSSR count). The van der Waals surface area contributed by atoms with Gasteiger partial charge in [0, 0.05) is 5.69 Å². The summed E-state index contributed by atoms with van der Waals surface area (Å²) >= 11 is 5.95. The van der Waals surface area contributed by atoms with Crippen LogP contribution in [0.2, 0.25) is 5.02 Å². The van der Waals surface area contributed by atoms with Gasteiger partial charge in [-0.2, -0.15) is 0 Å². The Bertz CT molecular complexity index is 618. The van der Waals surface area contributed by atoms with E-state index in [1.165, 1.54) is 18.2 Å². The maximum Gasteiger partial charge on any atom is 0.265 e. The van der Waals surface area contributed by atoms with E-state index in [9.17, 15) is 9.18 Å². The Morgan fingerprint density at radius 1 is 1.25 bits per heavy atom. The predicted molar refractivity (Wildman–Crippen MR) is 76.6 cm³/mol. The maximum absolute atomic E-state index is 13.0. The molecule has 0 saturated heterocycles. The summed E-state index contributed by atoms with van der Waals surface area (Å²) in [4.78, 5) is 11.9. The molecule has 0 aliphatic carbocycles. The van der Waals surface area contributed by atoms with Crippen LogP contribution < -0.4 is 10.1 Å². The van der Waals surface area contributed by atoms with E-state index >= 15 is 0 Å². The summed E-state index contributed by atoms with van der Waals surface area (Å²) in [6, 6.07) is 12.5. The molecule has 0 aliphatic heterocycles. The van der Waals surface area contributed by atoms with Crippen LogP contribution in [0.3, 0.4) is 0 Å². The molecule has 1 amide bonds. The number of nitrogens with one attached hydrogen (secondary N) is 1. The van der Waals surface area contributed by atoms with E-state index in [0.717, 1.165) is 0 Å². The molecule has 0 radical (unpaired) electrons. The van der Waals surface area contributed by atoms with Gasteiger partial charge in [0.15, 0.2) is 6.10 Å². The fourth-order valence-corrected chi connectivity index (χ4v) is 1.77. The standard InChI is InChI=1S/C15H13ClFNO2/c1-10(20-14-8-3-2-7-13(14)16)15(19)18-12-6-4-5-11(17)9-12/h2-10H,1H3,(H,18,19)/t10-/m0/s1. The molecule has 0 fully saturated rings. The minimum atomic E-state index is -0.752. The average Bonchev–Trinajstić information content (AvgIpc) is 2.41. The third-order valence-electron chi connectivity index (χ3n) is 2.60. The lowest BCUT2D eigenvalue weighted by Crippen LogP contribution is -2.30. The molecule has 0 saturated carbocycles. The molecule has 0 heterocycles. The minimum Gasteiger partial charge on any atom is -0.479 e. The van der Waals surface area contributed by atoms with Crippen LogP contribution in [0.15, 0.2) is 48.5 Å². The number of benzene rings is 2.